The number of methoxy groups -OCH3 is 1. The molecule has 0 aromatic heterocycles. The van der Waals surface area contributed by atoms with E-state index in [1.807, 2.05) is 26.0 Å². The molecule has 0 bridgehead atoms. The number of Topliss-reactive ketones (excluding diaryl/α,β-unsaturated/α-hetero) is 1. The smallest absolute Gasteiger partial charge is 0.166 e. The van der Waals surface area contributed by atoms with E-state index in [-0.39, 0.29) is 5.78 Å². The summed E-state index contributed by atoms with van der Waals surface area (Å²) >= 11 is 0. The van der Waals surface area contributed by atoms with E-state index >= 15 is 0 Å². The molecule has 1 unspecified atom stereocenters. The molecular weight excluding hydrogens is 238 g/mol. The lowest BCUT2D eigenvalue weighted by molar-refractivity contribution is 0.0971. The quantitative estimate of drug-likeness (QED) is 0.828. The van der Waals surface area contributed by atoms with E-state index in [4.69, 9.17) is 4.74 Å². The number of carbonyl (C=O) groups excluding carboxylic acids is 1. The molecule has 0 saturated carbocycles. The monoisotopic (exact) mass is 261 g/mol. The molecule has 1 aliphatic heterocycles. The second kappa shape index (κ2) is 6.20. The molecule has 1 atom stereocenters. The highest BCUT2D eigenvalue weighted by molar-refractivity contribution is 5.99. The Balaban J connectivity index is 2.07. The van der Waals surface area contributed by atoms with Gasteiger partial charge in [0.1, 0.15) is 5.75 Å². The summed E-state index contributed by atoms with van der Waals surface area (Å²) in [6, 6.07) is 3.90. The van der Waals surface area contributed by atoms with Crippen molar-refractivity contribution in [3.63, 3.8) is 0 Å². The van der Waals surface area contributed by atoms with Crippen LogP contribution >= 0.6 is 0 Å². The molecule has 1 aromatic rings. The van der Waals surface area contributed by atoms with Crippen molar-refractivity contribution in [2.75, 3.05) is 20.2 Å². The van der Waals surface area contributed by atoms with Crippen LogP contribution in [0.4, 0.5) is 0 Å². The van der Waals surface area contributed by atoms with E-state index in [2.05, 4.69) is 5.32 Å². The summed E-state index contributed by atoms with van der Waals surface area (Å²) in [6.07, 6.45) is 2.78. The van der Waals surface area contributed by atoms with Crippen molar-refractivity contribution < 1.29 is 9.53 Å². The topological polar surface area (TPSA) is 38.3 Å². The fourth-order valence-electron chi connectivity index (χ4n) is 2.70. The second-order valence-corrected chi connectivity index (χ2v) is 5.41. The van der Waals surface area contributed by atoms with Crippen LogP contribution in [0.25, 0.3) is 0 Å². The van der Waals surface area contributed by atoms with Gasteiger partial charge in [-0.2, -0.15) is 0 Å². The summed E-state index contributed by atoms with van der Waals surface area (Å²) in [5, 5.41) is 3.34. The lowest BCUT2D eigenvalue weighted by Gasteiger charge is -2.13. The molecule has 0 amide bonds. The zero-order valence-corrected chi connectivity index (χ0v) is 12.1. The van der Waals surface area contributed by atoms with E-state index in [0.29, 0.717) is 12.3 Å². The molecule has 0 spiro atoms. The van der Waals surface area contributed by atoms with Gasteiger partial charge in [-0.25, -0.2) is 0 Å². The van der Waals surface area contributed by atoms with E-state index in [1.54, 1.807) is 7.11 Å². The molecule has 19 heavy (non-hydrogen) atoms. The summed E-state index contributed by atoms with van der Waals surface area (Å²) in [4.78, 5) is 12.3. The number of aryl methyl sites for hydroxylation is 1. The first-order chi connectivity index (χ1) is 9.13. The number of hydrogen-bond acceptors (Lipinski definition) is 3. The molecule has 1 aromatic carbocycles. The van der Waals surface area contributed by atoms with Gasteiger partial charge in [-0.15, -0.1) is 0 Å². The minimum Gasteiger partial charge on any atom is -0.496 e. The summed E-state index contributed by atoms with van der Waals surface area (Å²) < 4.78 is 5.42. The van der Waals surface area contributed by atoms with E-state index < -0.39 is 0 Å². The molecule has 104 valence electrons. The number of ether oxygens (including phenoxy) is 1. The molecule has 1 heterocycles. The number of rotatable bonds is 5. The van der Waals surface area contributed by atoms with Crippen molar-refractivity contribution in [3.8, 4) is 5.75 Å². The maximum absolute atomic E-state index is 12.3. The van der Waals surface area contributed by atoms with Crippen molar-refractivity contribution in [1.82, 2.24) is 5.32 Å². The van der Waals surface area contributed by atoms with Crippen molar-refractivity contribution >= 4 is 5.78 Å². The minimum absolute atomic E-state index is 0.201. The van der Waals surface area contributed by atoms with Gasteiger partial charge in [0.05, 0.1) is 12.7 Å². The zero-order valence-electron chi connectivity index (χ0n) is 12.1. The largest absolute Gasteiger partial charge is 0.496 e. The van der Waals surface area contributed by atoms with Gasteiger partial charge in [0.15, 0.2) is 5.78 Å². The van der Waals surface area contributed by atoms with Gasteiger partial charge in [-0.3, -0.25) is 4.79 Å². The molecule has 2 rings (SSSR count). The maximum atomic E-state index is 12.3. The first-order valence-corrected chi connectivity index (χ1v) is 7.01. The standard InChI is InChI=1S/C16H23NO2/c1-11-4-6-14(16(19-3)12(11)2)15(18)7-5-13-8-9-17-10-13/h4,6,13,17H,5,7-10H2,1-3H3. The number of hydrogen-bond donors (Lipinski definition) is 1. The minimum atomic E-state index is 0.201. The third kappa shape index (κ3) is 3.16. The Morgan fingerprint density at radius 1 is 1.42 bits per heavy atom. The van der Waals surface area contributed by atoms with Crippen molar-refractivity contribution in [2.45, 2.75) is 33.1 Å². The normalized spacial score (nSPS) is 18.6. The Morgan fingerprint density at radius 2 is 2.21 bits per heavy atom. The Bertz CT molecular complexity index is 462. The third-order valence-electron chi connectivity index (χ3n) is 4.12. The Labute approximate surface area is 115 Å². The predicted octanol–water partition coefficient (Wildman–Crippen LogP) is 2.88. The Morgan fingerprint density at radius 3 is 2.84 bits per heavy atom. The predicted molar refractivity (Wildman–Crippen MR) is 77.0 cm³/mol. The molecular formula is C16H23NO2. The second-order valence-electron chi connectivity index (χ2n) is 5.41. The Kier molecular flexibility index (Phi) is 4.59. The molecule has 1 fully saturated rings. The summed E-state index contributed by atoms with van der Waals surface area (Å²) in [5.74, 6) is 1.60. The number of nitrogens with one attached hydrogen (secondary N) is 1. The fourth-order valence-corrected chi connectivity index (χ4v) is 2.70. The van der Waals surface area contributed by atoms with Crippen LogP contribution in [0.15, 0.2) is 12.1 Å². The lowest BCUT2D eigenvalue weighted by Crippen LogP contribution is -2.11. The van der Waals surface area contributed by atoms with Crippen LogP contribution in [0, 0.1) is 19.8 Å². The van der Waals surface area contributed by atoms with Crippen molar-refractivity contribution in [2.24, 2.45) is 5.92 Å². The SMILES string of the molecule is COc1c(C(=O)CCC2CCNC2)ccc(C)c1C. The highest BCUT2D eigenvalue weighted by atomic mass is 16.5. The lowest BCUT2D eigenvalue weighted by atomic mass is 9.95. The van der Waals surface area contributed by atoms with Crippen LogP contribution in [0.3, 0.4) is 0 Å². The molecule has 1 N–H and O–H groups in total. The highest BCUT2D eigenvalue weighted by Gasteiger charge is 2.19. The summed E-state index contributed by atoms with van der Waals surface area (Å²) in [6.45, 7) is 6.19. The van der Waals surface area contributed by atoms with Gasteiger partial charge < -0.3 is 10.1 Å². The van der Waals surface area contributed by atoms with E-state index in [1.165, 1.54) is 6.42 Å². The van der Waals surface area contributed by atoms with Crippen LogP contribution < -0.4 is 10.1 Å². The molecule has 1 saturated heterocycles. The van der Waals surface area contributed by atoms with Crippen LogP contribution in [-0.2, 0) is 0 Å². The maximum Gasteiger partial charge on any atom is 0.166 e. The first-order valence-electron chi connectivity index (χ1n) is 7.01. The van der Waals surface area contributed by atoms with Gasteiger partial charge in [-0.05, 0) is 62.9 Å². The average Bonchev–Trinajstić information content (AvgIpc) is 2.92. The number of benzene rings is 1. The van der Waals surface area contributed by atoms with Crippen LogP contribution in [-0.4, -0.2) is 26.0 Å². The van der Waals surface area contributed by atoms with Gasteiger partial charge in [0.25, 0.3) is 0 Å². The molecule has 3 heteroatoms. The van der Waals surface area contributed by atoms with Gasteiger partial charge >= 0.3 is 0 Å². The number of carbonyl (C=O) groups is 1. The van der Waals surface area contributed by atoms with Crippen LogP contribution in [0.1, 0.15) is 40.7 Å². The van der Waals surface area contributed by atoms with Gasteiger partial charge in [-0.1, -0.05) is 6.07 Å². The molecule has 0 radical (unpaired) electrons. The van der Waals surface area contributed by atoms with Crippen LogP contribution in [0.2, 0.25) is 0 Å². The van der Waals surface area contributed by atoms with Crippen molar-refractivity contribution in [1.29, 1.82) is 0 Å². The van der Waals surface area contributed by atoms with E-state index in [9.17, 15) is 4.79 Å². The van der Waals surface area contributed by atoms with Gasteiger partial charge in [0.2, 0.25) is 0 Å². The highest BCUT2D eigenvalue weighted by Crippen LogP contribution is 2.28. The van der Waals surface area contributed by atoms with E-state index in [0.717, 1.165) is 42.0 Å². The van der Waals surface area contributed by atoms with Crippen molar-refractivity contribution in [3.05, 3.63) is 28.8 Å². The molecule has 1 aliphatic rings. The summed E-state index contributed by atoms with van der Waals surface area (Å²) in [5.41, 5.74) is 2.96. The fraction of sp³-hybridized carbons (Fsp3) is 0.562. The van der Waals surface area contributed by atoms with Gasteiger partial charge in [0, 0.05) is 6.42 Å². The summed E-state index contributed by atoms with van der Waals surface area (Å²) in [7, 11) is 1.64. The third-order valence-corrected chi connectivity index (χ3v) is 4.12. The first kappa shape index (κ1) is 14.1. The molecule has 0 aliphatic carbocycles. The zero-order chi connectivity index (χ0) is 13.8. The number of ketones is 1. The van der Waals surface area contributed by atoms with Crippen LogP contribution in [0.5, 0.6) is 5.75 Å². The molecule has 3 nitrogen and oxygen atoms in total. The Hall–Kier alpha value is -1.35. The average molecular weight is 261 g/mol.